The molecule has 3 N–H and O–H groups in total. The van der Waals surface area contributed by atoms with Gasteiger partial charge in [0.25, 0.3) is 5.91 Å². The zero-order chi connectivity index (χ0) is 13.3. The number of β-amino-alcohol motifs (C(OH)–C–C–N with tert-alkyl or cyclic N) is 1. The van der Waals surface area contributed by atoms with E-state index in [1.807, 2.05) is 13.8 Å². The Morgan fingerprint density at radius 3 is 2.50 bits per heavy atom. The summed E-state index contributed by atoms with van der Waals surface area (Å²) in [6, 6.07) is -0.374. The molecule has 6 nitrogen and oxygen atoms in total. The lowest BCUT2D eigenvalue weighted by molar-refractivity contribution is -0.133. The van der Waals surface area contributed by atoms with Gasteiger partial charge in [0.2, 0.25) is 0 Å². The van der Waals surface area contributed by atoms with Crippen LogP contribution in [0, 0.1) is 5.92 Å². The van der Waals surface area contributed by atoms with Crippen LogP contribution in [0.25, 0.3) is 0 Å². The Hall–Kier alpha value is -1.14. The van der Waals surface area contributed by atoms with Crippen LogP contribution in [0.3, 0.4) is 0 Å². The molecular formula is C12H21N3O3. The second-order valence-corrected chi connectivity index (χ2v) is 5.49. The van der Waals surface area contributed by atoms with E-state index in [0.717, 1.165) is 18.0 Å². The Balaban J connectivity index is 2.09. The summed E-state index contributed by atoms with van der Waals surface area (Å²) in [4.78, 5) is 25.4. The first-order chi connectivity index (χ1) is 8.46. The Kier molecular flexibility index (Phi) is 3.59. The standard InChI is InChI=1S/C12H21N3O3/c1-8(2)9(16)7-15-10(17)12(14-11(15)18)3-5-13-6-4-12/h8-9,13,16H,3-7H2,1-2H3,(H,14,18). The number of aliphatic hydroxyl groups excluding tert-OH is 1. The minimum atomic E-state index is -0.737. The molecule has 0 bridgehead atoms. The molecule has 6 heteroatoms. The van der Waals surface area contributed by atoms with E-state index in [1.165, 1.54) is 0 Å². The van der Waals surface area contributed by atoms with E-state index in [0.29, 0.717) is 12.8 Å². The normalized spacial score (nSPS) is 24.8. The van der Waals surface area contributed by atoms with Crippen LogP contribution >= 0.6 is 0 Å². The Morgan fingerprint density at radius 1 is 1.33 bits per heavy atom. The number of aliphatic hydroxyl groups is 1. The van der Waals surface area contributed by atoms with Crippen LogP contribution in [0.4, 0.5) is 4.79 Å². The molecule has 3 amide bonds. The van der Waals surface area contributed by atoms with E-state index in [4.69, 9.17) is 0 Å². The molecule has 2 aliphatic rings. The molecule has 0 aliphatic carbocycles. The third-order valence-corrected chi connectivity index (χ3v) is 3.84. The summed E-state index contributed by atoms with van der Waals surface area (Å²) in [7, 11) is 0. The van der Waals surface area contributed by atoms with Gasteiger partial charge in [-0.15, -0.1) is 0 Å². The van der Waals surface area contributed by atoms with E-state index in [1.54, 1.807) is 0 Å². The van der Waals surface area contributed by atoms with Gasteiger partial charge in [-0.2, -0.15) is 0 Å². The van der Waals surface area contributed by atoms with E-state index < -0.39 is 11.6 Å². The van der Waals surface area contributed by atoms with Crippen LogP contribution in [0.5, 0.6) is 0 Å². The molecule has 2 fully saturated rings. The molecule has 0 saturated carbocycles. The average molecular weight is 255 g/mol. The first-order valence-electron chi connectivity index (χ1n) is 6.49. The SMILES string of the molecule is CC(C)C(O)CN1C(=O)NC2(CCNCC2)C1=O. The van der Waals surface area contributed by atoms with E-state index in [2.05, 4.69) is 10.6 Å². The Bertz CT molecular complexity index is 350. The second kappa shape index (κ2) is 4.85. The molecule has 18 heavy (non-hydrogen) atoms. The zero-order valence-corrected chi connectivity index (χ0v) is 10.9. The van der Waals surface area contributed by atoms with Gasteiger partial charge in [-0.3, -0.25) is 9.69 Å². The van der Waals surface area contributed by atoms with Gasteiger partial charge in [0.15, 0.2) is 0 Å². The summed E-state index contributed by atoms with van der Waals surface area (Å²) in [6.45, 7) is 5.27. The number of hydrogen-bond acceptors (Lipinski definition) is 4. The highest BCUT2D eigenvalue weighted by atomic mass is 16.3. The topological polar surface area (TPSA) is 81.7 Å². The molecule has 0 aromatic rings. The zero-order valence-electron chi connectivity index (χ0n) is 10.9. The van der Waals surface area contributed by atoms with Crippen molar-refractivity contribution in [2.75, 3.05) is 19.6 Å². The van der Waals surface area contributed by atoms with Crippen LogP contribution in [-0.4, -0.2) is 53.2 Å². The van der Waals surface area contributed by atoms with E-state index >= 15 is 0 Å². The van der Waals surface area contributed by atoms with Crippen molar-refractivity contribution in [1.29, 1.82) is 0 Å². The van der Waals surface area contributed by atoms with Gasteiger partial charge in [0.05, 0.1) is 12.6 Å². The summed E-state index contributed by atoms with van der Waals surface area (Å²) in [5.74, 6) is -0.163. The maximum absolute atomic E-state index is 12.4. The van der Waals surface area contributed by atoms with Crippen molar-refractivity contribution >= 4 is 11.9 Å². The molecule has 2 heterocycles. The number of imide groups is 1. The lowest BCUT2D eigenvalue weighted by Gasteiger charge is -2.31. The molecule has 0 radical (unpaired) electrons. The van der Waals surface area contributed by atoms with Gasteiger partial charge in [-0.1, -0.05) is 13.8 Å². The minimum absolute atomic E-state index is 0.0233. The van der Waals surface area contributed by atoms with E-state index in [9.17, 15) is 14.7 Å². The number of nitrogens with one attached hydrogen (secondary N) is 2. The monoisotopic (exact) mass is 255 g/mol. The molecule has 2 aliphatic heterocycles. The third kappa shape index (κ3) is 2.22. The summed E-state index contributed by atoms with van der Waals surface area (Å²) < 4.78 is 0. The third-order valence-electron chi connectivity index (χ3n) is 3.84. The van der Waals surface area contributed by atoms with Gasteiger partial charge in [0.1, 0.15) is 5.54 Å². The van der Waals surface area contributed by atoms with Crippen LogP contribution in [0.2, 0.25) is 0 Å². The number of amides is 3. The molecule has 1 atom stereocenters. The smallest absolute Gasteiger partial charge is 0.325 e. The van der Waals surface area contributed by atoms with Crippen molar-refractivity contribution in [3.05, 3.63) is 0 Å². The molecule has 2 rings (SSSR count). The van der Waals surface area contributed by atoms with Crippen molar-refractivity contribution in [2.24, 2.45) is 5.92 Å². The maximum Gasteiger partial charge on any atom is 0.325 e. The lowest BCUT2D eigenvalue weighted by Crippen LogP contribution is -2.54. The van der Waals surface area contributed by atoms with Gasteiger partial charge >= 0.3 is 6.03 Å². The van der Waals surface area contributed by atoms with Gasteiger partial charge in [-0.25, -0.2) is 4.79 Å². The highest BCUT2D eigenvalue weighted by Crippen LogP contribution is 2.27. The largest absolute Gasteiger partial charge is 0.391 e. The Labute approximate surface area is 107 Å². The van der Waals surface area contributed by atoms with Crippen molar-refractivity contribution in [1.82, 2.24) is 15.5 Å². The fourth-order valence-electron chi connectivity index (χ4n) is 2.43. The molecule has 0 aromatic heterocycles. The van der Waals surface area contributed by atoms with Gasteiger partial charge in [-0.05, 0) is 31.8 Å². The van der Waals surface area contributed by atoms with Crippen molar-refractivity contribution in [2.45, 2.75) is 38.3 Å². The fraction of sp³-hybridized carbons (Fsp3) is 0.833. The Morgan fingerprint density at radius 2 is 1.94 bits per heavy atom. The van der Waals surface area contributed by atoms with Crippen molar-refractivity contribution < 1.29 is 14.7 Å². The average Bonchev–Trinajstić information content (AvgIpc) is 2.55. The summed E-state index contributed by atoms with van der Waals surface area (Å²) in [5, 5.41) is 15.8. The molecule has 1 spiro atoms. The van der Waals surface area contributed by atoms with E-state index in [-0.39, 0.29) is 24.4 Å². The number of rotatable bonds is 3. The van der Waals surface area contributed by atoms with Crippen LogP contribution in [0.15, 0.2) is 0 Å². The molecule has 0 aromatic carbocycles. The highest BCUT2D eigenvalue weighted by Gasteiger charge is 2.51. The van der Waals surface area contributed by atoms with Gasteiger partial charge in [0, 0.05) is 0 Å². The number of carbonyl (C=O) groups is 2. The van der Waals surface area contributed by atoms with Gasteiger partial charge < -0.3 is 15.7 Å². The van der Waals surface area contributed by atoms with Crippen LogP contribution in [0.1, 0.15) is 26.7 Å². The maximum atomic E-state index is 12.4. The highest BCUT2D eigenvalue weighted by molar-refractivity contribution is 6.07. The molecule has 102 valence electrons. The summed E-state index contributed by atoms with van der Waals surface area (Å²) in [6.07, 6.45) is 0.564. The lowest BCUT2D eigenvalue weighted by atomic mass is 9.88. The quantitative estimate of drug-likeness (QED) is 0.604. The number of nitrogens with zero attached hydrogens (tertiary/aromatic N) is 1. The number of piperidine rings is 1. The minimum Gasteiger partial charge on any atom is -0.391 e. The molecule has 1 unspecified atom stereocenters. The predicted molar refractivity (Wildman–Crippen MR) is 65.9 cm³/mol. The summed E-state index contributed by atoms with van der Waals surface area (Å²) in [5.41, 5.74) is -0.737. The molecule has 2 saturated heterocycles. The number of carbonyl (C=O) groups excluding carboxylic acids is 2. The number of hydrogen-bond donors (Lipinski definition) is 3. The second-order valence-electron chi connectivity index (χ2n) is 5.49. The van der Waals surface area contributed by atoms with Crippen LogP contribution in [-0.2, 0) is 4.79 Å². The first kappa shape index (κ1) is 13.3. The van der Waals surface area contributed by atoms with Crippen molar-refractivity contribution in [3.8, 4) is 0 Å². The fourth-order valence-corrected chi connectivity index (χ4v) is 2.43. The first-order valence-corrected chi connectivity index (χ1v) is 6.49. The van der Waals surface area contributed by atoms with Crippen molar-refractivity contribution in [3.63, 3.8) is 0 Å². The number of urea groups is 1. The van der Waals surface area contributed by atoms with Crippen LogP contribution < -0.4 is 10.6 Å². The predicted octanol–water partition coefficient (Wildman–Crippen LogP) is -0.323. The summed E-state index contributed by atoms with van der Waals surface area (Å²) >= 11 is 0. The molecular weight excluding hydrogens is 234 g/mol.